The summed E-state index contributed by atoms with van der Waals surface area (Å²) in [5, 5.41) is 0. The topological polar surface area (TPSA) is 54.0 Å². The molecule has 0 aromatic heterocycles. The maximum Gasteiger partial charge on any atom is 0.133 e. The third-order valence-corrected chi connectivity index (χ3v) is 8.88. The van der Waals surface area contributed by atoms with Crippen LogP contribution in [0.3, 0.4) is 0 Å². The van der Waals surface area contributed by atoms with Crippen LogP contribution in [0.15, 0.2) is 68.7 Å². The van der Waals surface area contributed by atoms with Crippen molar-refractivity contribution < 1.29 is 32.0 Å². The zero-order valence-corrected chi connectivity index (χ0v) is 28.3. The summed E-state index contributed by atoms with van der Waals surface area (Å²) in [5.41, 5.74) is 4.24. The van der Waals surface area contributed by atoms with Crippen molar-refractivity contribution in [2.24, 2.45) is 11.8 Å². The highest BCUT2D eigenvalue weighted by atomic mass is 79.9. The van der Waals surface area contributed by atoms with Crippen molar-refractivity contribution in [3.8, 4) is 23.0 Å². The number of methoxy groups -OCH3 is 4. The minimum Gasteiger partial charge on any atom is -0.496 e. The number of hydrogen-bond donors (Lipinski definition) is 0. The van der Waals surface area contributed by atoms with Gasteiger partial charge >= 0.3 is 0 Å². The van der Waals surface area contributed by atoms with Gasteiger partial charge in [0.05, 0.1) is 28.4 Å². The summed E-state index contributed by atoms with van der Waals surface area (Å²) in [4.78, 5) is 12.5. The zero-order valence-electron chi connectivity index (χ0n) is 31.1. The second kappa shape index (κ2) is 16.5. The molecule has 7 heteroatoms. The van der Waals surface area contributed by atoms with Crippen LogP contribution >= 0.6 is 31.9 Å². The van der Waals surface area contributed by atoms with E-state index >= 15 is 0 Å². The highest BCUT2D eigenvalue weighted by molar-refractivity contribution is 9.10. The fourth-order valence-corrected chi connectivity index (χ4v) is 6.69. The molecule has 0 heterocycles. The highest BCUT2D eigenvalue weighted by Gasteiger charge is 2.33. The van der Waals surface area contributed by atoms with Crippen LogP contribution in [0.4, 0.5) is 0 Å². The monoisotopic (exact) mass is 724 g/mol. The lowest BCUT2D eigenvalue weighted by Crippen LogP contribution is -2.23. The van der Waals surface area contributed by atoms with Crippen LogP contribution in [0, 0.1) is 11.8 Å². The SMILES string of the molecule is C.[2H]C([2H])([2H])C(=C)[C@@H]1CCC(C)=C[C@H]1c1c(OC)cc(Br)cc1OC.[2H]C([2H])([2H])C(=O)[C@@H]1CCC(C)=C[C@H]1c1c(OC)cc(Br)cc1OC. The van der Waals surface area contributed by atoms with E-state index in [1.165, 1.54) is 5.57 Å². The molecule has 0 amide bonds. The summed E-state index contributed by atoms with van der Waals surface area (Å²) in [6.07, 6.45) is 6.94. The van der Waals surface area contributed by atoms with Gasteiger partial charge in [0.15, 0.2) is 0 Å². The number of hydrogen-bond acceptors (Lipinski definition) is 5. The van der Waals surface area contributed by atoms with Gasteiger partial charge in [-0.05, 0) is 83.4 Å². The van der Waals surface area contributed by atoms with E-state index in [4.69, 9.17) is 27.2 Å². The van der Waals surface area contributed by atoms with E-state index in [2.05, 4.69) is 51.4 Å². The number of carbonyl (C=O) groups excluding carboxylic acids is 1. The Kier molecular flexibility index (Phi) is 10.8. The quantitative estimate of drug-likeness (QED) is 0.254. The summed E-state index contributed by atoms with van der Waals surface area (Å²) in [5.74, 6) is 0.482. The summed E-state index contributed by atoms with van der Waals surface area (Å²) >= 11 is 6.87. The maximum absolute atomic E-state index is 12.5. The Morgan fingerprint density at radius 3 is 1.47 bits per heavy atom. The second-order valence-corrected chi connectivity index (χ2v) is 12.5. The molecule has 0 radical (unpaired) electrons. The lowest BCUT2D eigenvalue weighted by Gasteiger charge is -2.32. The summed E-state index contributed by atoms with van der Waals surface area (Å²) in [7, 11) is 6.31. The van der Waals surface area contributed by atoms with Crippen LogP contribution in [0.2, 0.25) is 0 Å². The first kappa shape index (κ1) is 28.0. The largest absolute Gasteiger partial charge is 0.496 e. The molecule has 2 aromatic rings. The van der Waals surface area contributed by atoms with Gasteiger partial charge in [0, 0.05) is 46.1 Å². The Balaban J connectivity index is 0.000000333. The van der Waals surface area contributed by atoms with Gasteiger partial charge in [0.2, 0.25) is 0 Å². The summed E-state index contributed by atoms with van der Waals surface area (Å²) < 4.78 is 69.5. The van der Waals surface area contributed by atoms with Crippen molar-refractivity contribution in [1.29, 1.82) is 0 Å². The second-order valence-electron chi connectivity index (χ2n) is 10.7. The third-order valence-electron chi connectivity index (χ3n) is 7.96. The Labute approximate surface area is 284 Å². The Morgan fingerprint density at radius 1 is 0.744 bits per heavy atom. The number of allylic oxidation sites excluding steroid dienone is 5. The molecule has 0 N–H and O–H groups in total. The number of benzene rings is 2. The molecule has 0 fully saturated rings. The van der Waals surface area contributed by atoms with Gasteiger partial charge in [-0.3, -0.25) is 4.79 Å². The zero-order chi connectivity index (χ0) is 36.1. The predicted molar refractivity (Wildman–Crippen MR) is 185 cm³/mol. The number of ether oxygens (including phenoxy) is 4. The third kappa shape index (κ3) is 8.78. The van der Waals surface area contributed by atoms with E-state index < -0.39 is 25.4 Å². The molecule has 0 bridgehead atoms. The number of rotatable bonds is 8. The molecule has 43 heavy (non-hydrogen) atoms. The first-order valence-electron chi connectivity index (χ1n) is 16.8. The van der Waals surface area contributed by atoms with Crippen molar-refractivity contribution in [2.45, 2.75) is 72.5 Å². The van der Waals surface area contributed by atoms with Gasteiger partial charge in [0.1, 0.15) is 28.8 Å². The molecule has 0 unspecified atom stereocenters. The number of carbonyl (C=O) groups is 1. The smallest absolute Gasteiger partial charge is 0.133 e. The standard InChI is InChI=1S/C18H23BrO2.C17H21BrO3.CH4/c1-11(2)14-7-6-12(3)8-15(14)18-16(20-4)9-13(19)10-17(18)21-5;1-10-5-6-13(11(2)19)14(7-10)17-15(20-3)8-12(18)9-16(17)21-4;/h8-10,14-15H,1,6-7H2,2-5H3;7-9,13-14H,5-6H2,1-4H3;1H4/t14-,15+;13-,14+;/m00./s1/i2*2D3;. The molecule has 2 aromatic carbocycles. The van der Waals surface area contributed by atoms with Crippen LogP contribution in [0.5, 0.6) is 23.0 Å². The van der Waals surface area contributed by atoms with E-state index in [0.717, 1.165) is 32.9 Å². The summed E-state index contributed by atoms with van der Waals surface area (Å²) in [6, 6.07) is 7.36. The van der Waals surface area contributed by atoms with Crippen molar-refractivity contribution in [3.63, 3.8) is 0 Å². The predicted octanol–water partition coefficient (Wildman–Crippen LogP) is 10.6. The number of ketones is 1. The molecule has 2 aliphatic carbocycles. The van der Waals surface area contributed by atoms with Crippen molar-refractivity contribution in [2.75, 3.05) is 28.4 Å². The minimum absolute atomic E-state index is 0. The van der Waals surface area contributed by atoms with Crippen molar-refractivity contribution in [1.82, 2.24) is 0 Å². The van der Waals surface area contributed by atoms with E-state index in [9.17, 15) is 4.79 Å². The van der Waals surface area contributed by atoms with Crippen LogP contribution in [0.25, 0.3) is 0 Å². The van der Waals surface area contributed by atoms with E-state index in [-0.39, 0.29) is 25.2 Å². The number of Topliss-reactive ketones (excluding diaryl/α,β-unsaturated/α-hetero) is 1. The lowest BCUT2D eigenvalue weighted by atomic mass is 9.74. The molecule has 0 saturated heterocycles. The van der Waals surface area contributed by atoms with Crippen molar-refractivity contribution >= 4 is 37.6 Å². The molecule has 5 nitrogen and oxygen atoms in total. The van der Waals surface area contributed by atoms with Gasteiger partial charge in [0.25, 0.3) is 0 Å². The fraction of sp³-hybridized carbons (Fsp3) is 0.472. The Morgan fingerprint density at radius 2 is 1.12 bits per heavy atom. The lowest BCUT2D eigenvalue weighted by molar-refractivity contribution is -0.121. The molecular formula is C36H48Br2O5. The molecular weight excluding hydrogens is 672 g/mol. The van der Waals surface area contributed by atoms with Crippen molar-refractivity contribution in [3.05, 3.63) is 79.8 Å². The molecule has 0 aliphatic heterocycles. The normalized spacial score (nSPS) is 23.8. The first-order valence-corrected chi connectivity index (χ1v) is 15.4. The van der Waals surface area contributed by atoms with Crippen LogP contribution in [0.1, 0.15) is 91.8 Å². The summed E-state index contributed by atoms with van der Waals surface area (Å²) in [6.45, 7) is 3.17. The molecule has 4 atom stereocenters. The highest BCUT2D eigenvalue weighted by Crippen LogP contribution is 2.48. The van der Waals surface area contributed by atoms with Gasteiger partial charge in [-0.2, -0.15) is 0 Å². The van der Waals surface area contributed by atoms with Gasteiger partial charge in [-0.15, -0.1) is 0 Å². The molecule has 4 rings (SSSR count). The molecule has 0 saturated carbocycles. The Bertz CT molecular complexity index is 1400. The van der Waals surface area contributed by atoms with Gasteiger partial charge < -0.3 is 18.9 Å². The van der Waals surface area contributed by atoms with E-state index in [0.29, 0.717) is 47.0 Å². The molecule has 0 spiro atoms. The van der Waals surface area contributed by atoms with Gasteiger partial charge in [-0.25, -0.2) is 0 Å². The van der Waals surface area contributed by atoms with E-state index in [1.807, 2.05) is 25.1 Å². The average Bonchev–Trinajstić information content (AvgIpc) is 3.02. The Hall–Kier alpha value is -2.51. The maximum atomic E-state index is 12.5. The minimum atomic E-state index is -2.61. The van der Waals surface area contributed by atoms with E-state index in [1.54, 1.807) is 40.6 Å². The average molecular weight is 727 g/mol. The molecule has 236 valence electrons. The van der Waals surface area contributed by atoms with Crippen LogP contribution < -0.4 is 18.9 Å². The van der Waals surface area contributed by atoms with Crippen LogP contribution in [-0.2, 0) is 4.79 Å². The number of halogens is 2. The fourth-order valence-electron chi connectivity index (χ4n) is 5.86. The van der Waals surface area contributed by atoms with Gasteiger partial charge in [-0.1, -0.05) is 74.7 Å². The molecule has 2 aliphatic rings. The van der Waals surface area contributed by atoms with Crippen LogP contribution in [-0.4, -0.2) is 34.2 Å². The first-order chi connectivity index (χ1) is 22.4.